The van der Waals surface area contributed by atoms with Crippen LogP contribution < -0.4 is 4.72 Å². The average Bonchev–Trinajstić information content (AvgIpc) is 3.45. The summed E-state index contributed by atoms with van der Waals surface area (Å²) in [5.41, 5.74) is 0.857. The first-order valence-electron chi connectivity index (χ1n) is 8.00. The van der Waals surface area contributed by atoms with E-state index in [1.807, 2.05) is 0 Å². The van der Waals surface area contributed by atoms with Crippen molar-refractivity contribution in [2.45, 2.75) is 30.3 Å². The van der Waals surface area contributed by atoms with Gasteiger partial charge in [0.05, 0.1) is 4.90 Å². The van der Waals surface area contributed by atoms with E-state index in [-0.39, 0.29) is 29.2 Å². The van der Waals surface area contributed by atoms with Crippen molar-refractivity contribution in [3.8, 4) is 0 Å². The number of rotatable bonds is 6. The smallest absolute Gasteiger partial charge is 0.254 e. The Morgan fingerprint density at radius 3 is 2.36 bits per heavy atom. The Hall–Kier alpha value is -2.25. The van der Waals surface area contributed by atoms with Gasteiger partial charge in [0.15, 0.2) is 0 Å². The summed E-state index contributed by atoms with van der Waals surface area (Å²) in [6.07, 6.45) is 1.79. The van der Waals surface area contributed by atoms with E-state index in [9.17, 15) is 17.6 Å². The number of nitrogens with one attached hydrogen (secondary N) is 1. The average molecular weight is 362 g/mol. The molecule has 0 bridgehead atoms. The molecule has 1 N–H and O–H groups in total. The van der Waals surface area contributed by atoms with Crippen LogP contribution in [0, 0.1) is 5.82 Å². The van der Waals surface area contributed by atoms with Gasteiger partial charge >= 0.3 is 0 Å². The van der Waals surface area contributed by atoms with E-state index in [1.165, 1.54) is 37.4 Å². The van der Waals surface area contributed by atoms with Gasteiger partial charge in [0.2, 0.25) is 10.0 Å². The van der Waals surface area contributed by atoms with Crippen molar-refractivity contribution in [2.24, 2.45) is 0 Å². The number of carbonyl (C=O) groups is 1. The van der Waals surface area contributed by atoms with Crippen molar-refractivity contribution < 1.29 is 17.6 Å². The van der Waals surface area contributed by atoms with Gasteiger partial charge in [-0.05, 0) is 50.2 Å². The summed E-state index contributed by atoms with van der Waals surface area (Å²) in [4.78, 5) is 14.6. The van der Waals surface area contributed by atoms with Crippen molar-refractivity contribution >= 4 is 15.9 Å². The number of halogens is 1. The summed E-state index contributed by atoms with van der Waals surface area (Å²) in [7, 11) is -2.21. The van der Waals surface area contributed by atoms with Gasteiger partial charge in [-0.15, -0.1) is 0 Å². The largest absolute Gasteiger partial charge is 0.331 e. The van der Waals surface area contributed by atoms with Gasteiger partial charge in [0.25, 0.3) is 5.91 Å². The van der Waals surface area contributed by atoms with Crippen molar-refractivity contribution in [3.05, 3.63) is 65.5 Å². The lowest BCUT2D eigenvalue weighted by atomic mass is 10.1. The van der Waals surface area contributed by atoms with Crippen LogP contribution in [0.3, 0.4) is 0 Å². The third-order valence-electron chi connectivity index (χ3n) is 4.23. The molecular weight excluding hydrogens is 343 g/mol. The zero-order chi connectivity index (χ0) is 18.0. The van der Waals surface area contributed by atoms with Crippen LogP contribution in [-0.4, -0.2) is 32.3 Å². The van der Waals surface area contributed by atoms with Crippen molar-refractivity contribution in [3.63, 3.8) is 0 Å². The molecule has 0 aliphatic heterocycles. The molecule has 0 spiro atoms. The number of carbonyl (C=O) groups excluding carboxylic acids is 1. The Balaban J connectivity index is 1.83. The zero-order valence-electron chi connectivity index (χ0n) is 13.8. The van der Waals surface area contributed by atoms with E-state index in [4.69, 9.17) is 0 Å². The molecule has 3 rings (SSSR count). The Labute approximate surface area is 146 Å². The minimum atomic E-state index is -3.54. The molecule has 0 aromatic heterocycles. The van der Waals surface area contributed by atoms with E-state index in [0.717, 1.165) is 12.8 Å². The second-order valence-corrected chi connectivity index (χ2v) is 7.87. The van der Waals surface area contributed by atoms with Gasteiger partial charge in [-0.25, -0.2) is 17.5 Å². The molecule has 0 radical (unpaired) electrons. The first-order valence-corrected chi connectivity index (χ1v) is 9.48. The minimum absolute atomic E-state index is 0.0959. The van der Waals surface area contributed by atoms with E-state index in [1.54, 1.807) is 23.1 Å². The SMILES string of the molecule is CNS(=O)(=O)c1ccc(C(=O)N(Cc2ccccc2F)C2CC2)cc1. The molecule has 1 fully saturated rings. The van der Waals surface area contributed by atoms with Crippen LogP contribution in [0.4, 0.5) is 4.39 Å². The highest BCUT2D eigenvalue weighted by atomic mass is 32.2. The number of hydrogen-bond acceptors (Lipinski definition) is 3. The molecule has 25 heavy (non-hydrogen) atoms. The molecule has 1 saturated carbocycles. The summed E-state index contributed by atoms with van der Waals surface area (Å²) in [6.45, 7) is 0.201. The van der Waals surface area contributed by atoms with Gasteiger partial charge < -0.3 is 4.90 Å². The van der Waals surface area contributed by atoms with E-state index < -0.39 is 10.0 Å². The highest BCUT2D eigenvalue weighted by molar-refractivity contribution is 7.89. The Morgan fingerprint density at radius 1 is 1.16 bits per heavy atom. The molecule has 0 heterocycles. The molecule has 132 valence electrons. The fourth-order valence-corrected chi connectivity index (χ4v) is 3.35. The van der Waals surface area contributed by atoms with Gasteiger partial charge in [-0.1, -0.05) is 18.2 Å². The molecule has 1 aliphatic carbocycles. The second kappa shape index (κ2) is 6.93. The fraction of sp³-hybridized carbons (Fsp3) is 0.278. The second-order valence-electron chi connectivity index (χ2n) is 5.99. The highest BCUT2D eigenvalue weighted by Crippen LogP contribution is 2.30. The predicted molar refractivity (Wildman–Crippen MR) is 92.0 cm³/mol. The lowest BCUT2D eigenvalue weighted by Gasteiger charge is -2.23. The summed E-state index contributed by atoms with van der Waals surface area (Å²) in [5.74, 6) is -0.560. The number of nitrogens with zero attached hydrogens (tertiary/aromatic N) is 1. The first-order chi connectivity index (χ1) is 11.9. The summed E-state index contributed by atoms with van der Waals surface area (Å²) in [5, 5.41) is 0. The van der Waals surface area contributed by atoms with Crippen LogP contribution in [-0.2, 0) is 16.6 Å². The van der Waals surface area contributed by atoms with Crippen LogP contribution >= 0.6 is 0 Å². The highest BCUT2D eigenvalue weighted by Gasteiger charge is 2.33. The van der Waals surface area contributed by atoms with Crippen LogP contribution in [0.15, 0.2) is 53.4 Å². The van der Waals surface area contributed by atoms with E-state index >= 15 is 0 Å². The molecule has 1 amide bonds. The van der Waals surface area contributed by atoms with Crippen molar-refractivity contribution in [2.75, 3.05) is 7.05 Å². The minimum Gasteiger partial charge on any atom is -0.331 e. The predicted octanol–water partition coefficient (Wildman–Crippen LogP) is 2.54. The lowest BCUT2D eigenvalue weighted by Crippen LogP contribution is -2.33. The summed E-state index contributed by atoms with van der Waals surface area (Å²) < 4.78 is 39.7. The Bertz CT molecular complexity index is 877. The Kier molecular flexibility index (Phi) is 4.87. The zero-order valence-corrected chi connectivity index (χ0v) is 14.6. The fourth-order valence-electron chi connectivity index (χ4n) is 2.62. The summed E-state index contributed by atoms with van der Waals surface area (Å²) in [6, 6.07) is 12.3. The Morgan fingerprint density at radius 2 is 1.80 bits per heavy atom. The van der Waals surface area contributed by atoms with Gasteiger partial charge in [-0.2, -0.15) is 0 Å². The first kappa shape index (κ1) is 17.6. The standard InChI is InChI=1S/C18H19FN2O3S/c1-20-25(23,24)16-10-6-13(7-11-16)18(22)21(15-8-9-15)12-14-4-2-3-5-17(14)19/h2-7,10-11,15,20H,8-9,12H2,1H3. The lowest BCUT2D eigenvalue weighted by molar-refractivity contribution is 0.0728. The van der Waals surface area contributed by atoms with Crippen LogP contribution in [0.1, 0.15) is 28.8 Å². The maximum Gasteiger partial charge on any atom is 0.254 e. The molecule has 0 unspecified atom stereocenters. The number of sulfonamides is 1. The third kappa shape index (κ3) is 3.88. The van der Waals surface area contributed by atoms with Gasteiger partial charge in [0, 0.05) is 23.7 Å². The molecule has 2 aromatic carbocycles. The van der Waals surface area contributed by atoms with Crippen LogP contribution in [0.25, 0.3) is 0 Å². The number of hydrogen-bond donors (Lipinski definition) is 1. The van der Waals surface area contributed by atoms with Gasteiger partial charge in [-0.3, -0.25) is 4.79 Å². The molecule has 7 heteroatoms. The topological polar surface area (TPSA) is 66.5 Å². The normalized spacial score (nSPS) is 14.3. The maximum absolute atomic E-state index is 13.9. The van der Waals surface area contributed by atoms with E-state index in [2.05, 4.69) is 4.72 Å². The van der Waals surface area contributed by atoms with E-state index in [0.29, 0.717) is 11.1 Å². The number of benzene rings is 2. The quantitative estimate of drug-likeness (QED) is 0.859. The summed E-state index contributed by atoms with van der Waals surface area (Å²) >= 11 is 0. The molecule has 5 nitrogen and oxygen atoms in total. The molecular formula is C18H19FN2O3S. The van der Waals surface area contributed by atoms with Gasteiger partial charge in [0.1, 0.15) is 5.82 Å². The van der Waals surface area contributed by atoms with Crippen molar-refractivity contribution in [1.82, 2.24) is 9.62 Å². The number of amides is 1. The van der Waals surface area contributed by atoms with Crippen molar-refractivity contribution in [1.29, 1.82) is 0 Å². The molecule has 1 aliphatic rings. The molecule has 0 saturated heterocycles. The molecule has 0 atom stereocenters. The third-order valence-corrected chi connectivity index (χ3v) is 5.66. The molecule has 2 aromatic rings. The van der Waals surface area contributed by atoms with Crippen LogP contribution in [0.2, 0.25) is 0 Å². The monoisotopic (exact) mass is 362 g/mol. The maximum atomic E-state index is 13.9. The van der Waals surface area contributed by atoms with Crippen LogP contribution in [0.5, 0.6) is 0 Å².